The van der Waals surface area contributed by atoms with Crippen molar-refractivity contribution in [2.45, 2.75) is 72.4 Å². The molecule has 1 unspecified atom stereocenters. The van der Waals surface area contributed by atoms with E-state index >= 15 is 0 Å². The van der Waals surface area contributed by atoms with Crippen molar-refractivity contribution in [2.24, 2.45) is 0 Å². The highest BCUT2D eigenvalue weighted by atomic mass is 32.1. The van der Waals surface area contributed by atoms with Crippen LogP contribution in [0.25, 0.3) is 0 Å². The molecule has 1 fully saturated rings. The molecule has 1 aliphatic rings. The summed E-state index contributed by atoms with van der Waals surface area (Å²) in [6.07, 6.45) is 3.49. The van der Waals surface area contributed by atoms with E-state index in [0.29, 0.717) is 61.5 Å². The summed E-state index contributed by atoms with van der Waals surface area (Å²) in [5, 5.41) is 6.99. The number of benzene rings is 1. The first kappa shape index (κ1) is 33.7. The minimum atomic E-state index is -0.851. The van der Waals surface area contributed by atoms with Crippen LogP contribution in [0.1, 0.15) is 70.3 Å². The molecule has 3 heterocycles. The van der Waals surface area contributed by atoms with Gasteiger partial charge in [-0.15, -0.1) is 0 Å². The van der Waals surface area contributed by atoms with Gasteiger partial charge in [-0.2, -0.15) is 16.3 Å². The second kappa shape index (κ2) is 15.2. The number of nitrogens with one attached hydrogen (secondary N) is 1. The van der Waals surface area contributed by atoms with Gasteiger partial charge in [-0.3, -0.25) is 4.79 Å². The largest absolute Gasteiger partial charge is 0.458 e. The van der Waals surface area contributed by atoms with Crippen LogP contribution in [0.4, 0.5) is 22.2 Å². The van der Waals surface area contributed by atoms with Crippen molar-refractivity contribution in [1.29, 1.82) is 0 Å². The number of anilines is 3. The van der Waals surface area contributed by atoms with E-state index in [4.69, 9.17) is 14.5 Å². The van der Waals surface area contributed by atoms with Crippen molar-refractivity contribution in [3.63, 3.8) is 0 Å². The topological polar surface area (TPSA) is 117 Å². The van der Waals surface area contributed by atoms with Crippen LogP contribution >= 0.6 is 11.3 Å². The fourth-order valence-electron chi connectivity index (χ4n) is 5.02. The van der Waals surface area contributed by atoms with Crippen LogP contribution in [0.2, 0.25) is 0 Å². The van der Waals surface area contributed by atoms with Crippen molar-refractivity contribution < 1.29 is 23.9 Å². The van der Waals surface area contributed by atoms with Crippen molar-refractivity contribution in [2.75, 3.05) is 47.8 Å². The van der Waals surface area contributed by atoms with Gasteiger partial charge in [-0.25, -0.2) is 14.6 Å². The van der Waals surface area contributed by atoms with Gasteiger partial charge in [0.05, 0.1) is 11.8 Å². The summed E-state index contributed by atoms with van der Waals surface area (Å²) < 4.78 is 11.4. The van der Waals surface area contributed by atoms with Crippen molar-refractivity contribution in [3.8, 4) is 5.75 Å². The maximum Gasteiger partial charge on any atom is 0.415 e. The summed E-state index contributed by atoms with van der Waals surface area (Å²) in [6.45, 7) is 14.5. The number of carbonyl (C=O) groups is 3. The number of nitrogens with zero attached hydrogens (tertiary/aromatic N) is 5. The molecule has 45 heavy (non-hydrogen) atoms. The third-order valence-electron chi connectivity index (χ3n) is 7.36. The van der Waals surface area contributed by atoms with Crippen LogP contribution in [-0.2, 0) is 16.0 Å². The molecule has 3 aromatic rings. The van der Waals surface area contributed by atoms with Crippen LogP contribution in [0.3, 0.4) is 0 Å². The summed E-state index contributed by atoms with van der Waals surface area (Å²) in [5.41, 5.74) is 1.12. The smallest absolute Gasteiger partial charge is 0.415 e. The SMILES string of the molecule is CCN(CC)c1ncc(N(CC)C(=O)c2ccsc2)c(NC(Cc2ccc(OC(=O)N3CCCC3)cc2)C(=O)OC(C)(C)C)n1. The Bertz CT molecular complexity index is 1430. The number of thiophene rings is 1. The molecule has 4 rings (SSSR count). The molecule has 0 saturated carbocycles. The van der Waals surface area contributed by atoms with Crippen LogP contribution < -0.4 is 19.9 Å². The molecule has 12 heteroatoms. The molecule has 1 saturated heterocycles. The number of hydrogen-bond donors (Lipinski definition) is 1. The summed E-state index contributed by atoms with van der Waals surface area (Å²) in [4.78, 5) is 54.3. The number of aromatic nitrogens is 2. The average Bonchev–Trinajstić information content (AvgIpc) is 3.74. The van der Waals surface area contributed by atoms with E-state index < -0.39 is 17.6 Å². The molecule has 0 bridgehead atoms. The summed E-state index contributed by atoms with van der Waals surface area (Å²) in [6, 6.07) is 8.03. The van der Waals surface area contributed by atoms with Gasteiger partial charge in [0, 0.05) is 44.5 Å². The second-order valence-electron chi connectivity index (χ2n) is 11.8. The van der Waals surface area contributed by atoms with Gasteiger partial charge in [0.15, 0.2) is 5.82 Å². The fourth-order valence-corrected chi connectivity index (χ4v) is 5.65. The second-order valence-corrected chi connectivity index (χ2v) is 12.6. The first-order valence-electron chi connectivity index (χ1n) is 15.5. The molecule has 1 N–H and O–H groups in total. The minimum Gasteiger partial charge on any atom is -0.458 e. The minimum absolute atomic E-state index is 0.186. The van der Waals surface area contributed by atoms with Crippen LogP contribution in [0, 0.1) is 0 Å². The molecular formula is C33H44N6O5S. The molecule has 1 aromatic carbocycles. The predicted molar refractivity (Wildman–Crippen MR) is 177 cm³/mol. The van der Waals surface area contributed by atoms with Crippen molar-refractivity contribution in [3.05, 3.63) is 58.4 Å². The number of amides is 2. The number of carbonyl (C=O) groups excluding carboxylic acids is 3. The molecule has 1 aliphatic heterocycles. The Balaban J connectivity index is 1.66. The molecule has 1 atom stereocenters. The highest BCUT2D eigenvalue weighted by Gasteiger charge is 2.29. The highest BCUT2D eigenvalue weighted by molar-refractivity contribution is 7.08. The Morgan fingerprint density at radius 3 is 2.29 bits per heavy atom. The number of esters is 1. The molecule has 242 valence electrons. The lowest BCUT2D eigenvalue weighted by Gasteiger charge is -2.28. The van der Waals surface area contributed by atoms with Gasteiger partial charge in [0.2, 0.25) is 5.95 Å². The number of hydrogen-bond acceptors (Lipinski definition) is 10. The first-order valence-corrected chi connectivity index (χ1v) is 16.5. The van der Waals surface area contributed by atoms with Gasteiger partial charge >= 0.3 is 12.1 Å². The Labute approximate surface area is 269 Å². The maximum absolute atomic E-state index is 13.6. The maximum atomic E-state index is 13.6. The fraction of sp³-hybridized carbons (Fsp3) is 0.485. The monoisotopic (exact) mass is 636 g/mol. The van der Waals surface area contributed by atoms with Gasteiger partial charge in [-0.1, -0.05) is 12.1 Å². The van der Waals surface area contributed by atoms with Crippen LogP contribution in [0.15, 0.2) is 47.3 Å². The highest BCUT2D eigenvalue weighted by Crippen LogP contribution is 2.29. The van der Waals surface area contributed by atoms with Crippen LogP contribution in [-0.4, -0.2) is 77.2 Å². The van der Waals surface area contributed by atoms with E-state index in [1.807, 2.05) is 64.0 Å². The molecule has 2 aromatic heterocycles. The lowest BCUT2D eigenvalue weighted by Crippen LogP contribution is -2.39. The van der Waals surface area contributed by atoms with E-state index in [1.165, 1.54) is 11.3 Å². The molecule has 0 radical (unpaired) electrons. The Morgan fingerprint density at radius 1 is 1.02 bits per heavy atom. The van der Waals surface area contributed by atoms with Crippen molar-refractivity contribution >= 4 is 46.8 Å². The summed E-state index contributed by atoms with van der Waals surface area (Å²) >= 11 is 1.45. The normalized spacial score (nSPS) is 13.7. The molecular weight excluding hydrogens is 592 g/mol. The van der Waals surface area contributed by atoms with Gasteiger partial charge < -0.3 is 29.5 Å². The molecule has 0 spiro atoms. The van der Waals surface area contributed by atoms with E-state index in [2.05, 4.69) is 10.3 Å². The Hall–Kier alpha value is -4.19. The molecule has 11 nitrogen and oxygen atoms in total. The molecule has 2 amide bonds. The molecule has 0 aliphatic carbocycles. The third kappa shape index (κ3) is 8.93. The van der Waals surface area contributed by atoms with E-state index in [1.54, 1.807) is 39.6 Å². The van der Waals surface area contributed by atoms with E-state index in [-0.39, 0.29) is 18.4 Å². The number of ether oxygens (including phenoxy) is 2. The first-order chi connectivity index (χ1) is 21.5. The zero-order valence-electron chi connectivity index (χ0n) is 27.0. The van der Waals surface area contributed by atoms with Crippen molar-refractivity contribution in [1.82, 2.24) is 14.9 Å². The quantitative estimate of drug-likeness (QED) is 0.239. The average molecular weight is 637 g/mol. The number of rotatable bonds is 12. The number of likely N-dealkylation sites (tertiary alicyclic amines) is 1. The zero-order chi connectivity index (χ0) is 32.6. The lowest BCUT2D eigenvalue weighted by atomic mass is 10.0. The Kier molecular flexibility index (Phi) is 11.4. The van der Waals surface area contributed by atoms with Crippen LogP contribution in [0.5, 0.6) is 5.75 Å². The van der Waals surface area contributed by atoms with E-state index in [9.17, 15) is 14.4 Å². The van der Waals surface area contributed by atoms with Gasteiger partial charge in [0.1, 0.15) is 23.1 Å². The van der Waals surface area contributed by atoms with E-state index in [0.717, 1.165) is 18.4 Å². The summed E-state index contributed by atoms with van der Waals surface area (Å²) in [5.74, 6) is 0.619. The lowest BCUT2D eigenvalue weighted by molar-refractivity contribution is -0.155. The third-order valence-corrected chi connectivity index (χ3v) is 8.04. The predicted octanol–water partition coefficient (Wildman–Crippen LogP) is 6.01. The summed E-state index contributed by atoms with van der Waals surface area (Å²) in [7, 11) is 0. The standard InChI is InChI=1S/C33H44N6O5S/c1-7-37(8-2)31-34-21-27(39(9-3)29(40)24-16-19-45-22-24)28(36-31)35-26(30(41)44-33(4,5)6)20-23-12-14-25(15-13-23)43-32(42)38-17-10-11-18-38/h12-16,19,21-22,26H,7-11,17-18,20H2,1-6H3,(H,34,35,36). The Morgan fingerprint density at radius 2 is 1.71 bits per heavy atom. The zero-order valence-corrected chi connectivity index (χ0v) is 27.9. The van der Waals surface area contributed by atoms with Gasteiger partial charge in [-0.05, 0) is 83.5 Å². The van der Waals surface area contributed by atoms with Gasteiger partial charge in [0.25, 0.3) is 5.91 Å².